The molecule has 0 radical (unpaired) electrons. The second-order valence-corrected chi connectivity index (χ2v) is 5.01. The fourth-order valence-electron chi connectivity index (χ4n) is 1.51. The lowest BCUT2D eigenvalue weighted by Gasteiger charge is -2.00. The van der Waals surface area contributed by atoms with Crippen LogP contribution in [0.3, 0.4) is 0 Å². The highest BCUT2D eigenvalue weighted by Crippen LogP contribution is 2.22. The van der Waals surface area contributed by atoms with Gasteiger partial charge in [-0.1, -0.05) is 6.92 Å². The third-order valence-corrected chi connectivity index (χ3v) is 3.40. The molecule has 1 amide bonds. The number of nitrogen functional groups attached to an aromatic ring is 1. The Morgan fingerprint density at radius 2 is 2.28 bits per heavy atom. The fourth-order valence-corrected chi connectivity index (χ4v) is 2.41. The first-order valence-electron chi connectivity index (χ1n) is 5.59. The molecule has 0 bridgehead atoms. The number of pyridine rings is 1. The molecule has 0 saturated carbocycles. The summed E-state index contributed by atoms with van der Waals surface area (Å²) in [6, 6.07) is 3.23. The van der Waals surface area contributed by atoms with Gasteiger partial charge in [-0.05, 0) is 25.5 Å². The summed E-state index contributed by atoms with van der Waals surface area (Å²) in [6.07, 6.45) is 2.32. The van der Waals surface area contributed by atoms with Crippen LogP contribution in [0.25, 0.3) is 0 Å². The molecule has 0 unspecified atom stereocenters. The molecule has 0 aliphatic heterocycles. The van der Waals surface area contributed by atoms with Crippen LogP contribution < -0.4 is 11.1 Å². The summed E-state index contributed by atoms with van der Waals surface area (Å²) in [4.78, 5) is 21.3. The fraction of sp³-hybridized carbons (Fsp3) is 0.250. The SMILES string of the molecule is CCc1nc(NC(=O)c2ccc(N)cn2)sc1C. The van der Waals surface area contributed by atoms with E-state index >= 15 is 0 Å². The molecule has 2 aromatic heterocycles. The lowest BCUT2D eigenvalue weighted by atomic mass is 10.3. The Bertz CT molecular complexity index is 562. The number of carbonyl (C=O) groups excluding carboxylic acids is 1. The Morgan fingerprint density at radius 3 is 2.83 bits per heavy atom. The Morgan fingerprint density at radius 1 is 1.50 bits per heavy atom. The number of amides is 1. The van der Waals surface area contributed by atoms with Crippen molar-refractivity contribution in [2.75, 3.05) is 11.1 Å². The number of hydrogen-bond acceptors (Lipinski definition) is 5. The standard InChI is InChI=1S/C12H14N4OS/c1-3-9-7(2)18-12(15-9)16-11(17)10-5-4-8(13)6-14-10/h4-6H,3,13H2,1-2H3,(H,15,16,17). The van der Waals surface area contributed by atoms with Crippen molar-refractivity contribution < 1.29 is 4.79 Å². The number of thiazole rings is 1. The van der Waals surface area contributed by atoms with Crippen LogP contribution in [0.4, 0.5) is 10.8 Å². The zero-order chi connectivity index (χ0) is 13.1. The van der Waals surface area contributed by atoms with E-state index in [0.717, 1.165) is 17.0 Å². The van der Waals surface area contributed by atoms with Gasteiger partial charge in [0.1, 0.15) is 5.69 Å². The zero-order valence-electron chi connectivity index (χ0n) is 10.2. The van der Waals surface area contributed by atoms with Crippen LogP contribution in [-0.4, -0.2) is 15.9 Å². The van der Waals surface area contributed by atoms with Crippen LogP contribution in [0.1, 0.15) is 28.0 Å². The van der Waals surface area contributed by atoms with Crippen LogP contribution in [0.2, 0.25) is 0 Å². The maximum absolute atomic E-state index is 11.9. The molecule has 3 N–H and O–H groups in total. The molecule has 0 atom stereocenters. The number of rotatable bonds is 3. The van der Waals surface area contributed by atoms with Crippen LogP contribution in [-0.2, 0) is 6.42 Å². The number of carbonyl (C=O) groups is 1. The van der Waals surface area contributed by atoms with Gasteiger partial charge < -0.3 is 5.73 Å². The summed E-state index contributed by atoms with van der Waals surface area (Å²) < 4.78 is 0. The van der Waals surface area contributed by atoms with Crippen LogP contribution in [0.5, 0.6) is 0 Å². The number of hydrogen-bond donors (Lipinski definition) is 2. The topological polar surface area (TPSA) is 80.9 Å². The summed E-state index contributed by atoms with van der Waals surface area (Å²) in [6.45, 7) is 4.03. The van der Waals surface area contributed by atoms with Crippen molar-refractivity contribution in [3.05, 3.63) is 34.6 Å². The molecule has 6 heteroatoms. The van der Waals surface area contributed by atoms with Gasteiger partial charge in [-0.3, -0.25) is 10.1 Å². The summed E-state index contributed by atoms with van der Waals surface area (Å²) >= 11 is 1.47. The van der Waals surface area contributed by atoms with Gasteiger partial charge in [0.25, 0.3) is 5.91 Å². The second kappa shape index (κ2) is 5.14. The van der Waals surface area contributed by atoms with E-state index in [1.54, 1.807) is 12.1 Å². The van der Waals surface area contributed by atoms with Crippen molar-refractivity contribution in [1.29, 1.82) is 0 Å². The first-order chi connectivity index (χ1) is 8.60. The van der Waals surface area contributed by atoms with Crippen molar-refractivity contribution >= 4 is 28.1 Å². The van der Waals surface area contributed by atoms with E-state index in [1.165, 1.54) is 17.5 Å². The molecule has 0 aliphatic carbocycles. The van der Waals surface area contributed by atoms with Gasteiger partial charge in [0.05, 0.1) is 17.6 Å². The van der Waals surface area contributed by atoms with E-state index in [0.29, 0.717) is 16.5 Å². The molecule has 0 spiro atoms. The van der Waals surface area contributed by atoms with Crippen molar-refractivity contribution in [3.8, 4) is 0 Å². The van der Waals surface area contributed by atoms with E-state index in [1.807, 2.05) is 13.8 Å². The summed E-state index contributed by atoms with van der Waals surface area (Å²) in [5, 5.41) is 3.34. The largest absolute Gasteiger partial charge is 0.397 e. The number of nitrogens with two attached hydrogens (primary N) is 1. The van der Waals surface area contributed by atoms with Gasteiger partial charge in [-0.25, -0.2) is 9.97 Å². The summed E-state index contributed by atoms with van der Waals surface area (Å²) in [5.41, 5.74) is 7.39. The van der Waals surface area contributed by atoms with Crippen LogP contribution >= 0.6 is 11.3 Å². The van der Waals surface area contributed by atoms with Gasteiger partial charge in [-0.2, -0.15) is 0 Å². The Kier molecular flexibility index (Phi) is 3.57. The molecule has 0 fully saturated rings. The third kappa shape index (κ3) is 2.65. The highest BCUT2D eigenvalue weighted by molar-refractivity contribution is 7.15. The lowest BCUT2D eigenvalue weighted by molar-refractivity contribution is 0.102. The second-order valence-electron chi connectivity index (χ2n) is 3.81. The molecule has 2 rings (SSSR count). The van der Waals surface area contributed by atoms with Crippen molar-refractivity contribution in [1.82, 2.24) is 9.97 Å². The van der Waals surface area contributed by atoms with E-state index in [9.17, 15) is 4.79 Å². The molecular weight excluding hydrogens is 248 g/mol. The number of nitrogens with one attached hydrogen (secondary N) is 1. The first kappa shape index (κ1) is 12.5. The van der Waals surface area contributed by atoms with E-state index in [-0.39, 0.29) is 5.91 Å². The average Bonchev–Trinajstić information content (AvgIpc) is 2.70. The summed E-state index contributed by atoms with van der Waals surface area (Å²) in [7, 11) is 0. The molecule has 5 nitrogen and oxygen atoms in total. The number of anilines is 2. The van der Waals surface area contributed by atoms with E-state index < -0.39 is 0 Å². The third-order valence-electron chi connectivity index (χ3n) is 2.47. The highest BCUT2D eigenvalue weighted by Gasteiger charge is 2.11. The van der Waals surface area contributed by atoms with Crippen molar-refractivity contribution in [3.63, 3.8) is 0 Å². The highest BCUT2D eigenvalue weighted by atomic mass is 32.1. The minimum absolute atomic E-state index is 0.272. The first-order valence-corrected chi connectivity index (χ1v) is 6.41. The molecular formula is C12H14N4OS. The maximum Gasteiger partial charge on any atom is 0.276 e. The molecule has 2 heterocycles. The lowest BCUT2D eigenvalue weighted by Crippen LogP contribution is -2.13. The Balaban J connectivity index is 2.13. The molecule has 2 aromatic rings. The normalized spacial score (nSPS) is 10.3. The minimum atomic E-state index is -0.272. The van der Waals surface area contributed by atoms with Crippen molar-refractivity contribution in [2.24, 2.45) is 0 Å². The quantitative estimate of drug-likeness (QED) is 0.889. The zero-order valence-corrected chi connectivity index (χ0v) is 11.0. The van der Waals surface area contributed by atoms with Gasteiger partial charge in [-0.15, -0.1) is 11.3 Å². The van der Waals surface area contributed by atoms with Gasteiger partial charge in [0.2, 0.25) is 0 Å². The van der Waals surface area contributed by atoms with Gasteiger partial charge in [0, 0.05) is 4.88 Å². The Labute approximate surface area is 109 Å². The molecule has 94 valence electrons. The monoisotopic (exact) mass is 262 g/mol. The predicted octanol–water partition coefficient (Wildman–Crippen LogP) is 2.24. The minimum Gasteiger partial charge on any atom is -0.397 e. The van der Waals surface area contributed by atoms with E-state index in [4.69, 9.17) is 5.73 Å². The molecule has 0 aliphatic rings. The van der Waals surface area contributed by atoms with Gasteiger partial charge >= 0.3 is 0 Å². The number of aryl methyl sites for hydroxylation is 2. The molecule has 0 aromatic carbocycles. The van der Waals surface area contributed by atoms with Crippen LogP contribution in [0.15, 0.2) is 18.3 Å². The van der Waals surface area contributed by atoms with Gasteiger partial charge in [0.15, 0.2) is 5.13 Å². The van der Waals surface area contributed by atoms with E-state index in [2.05, 4.69) is 15.3 Å². The predicted molar refractivity (Wildman–Crippen MR) is 72.8 cm³/mol. The maximum atomic E-state index is 11.9. The molecule has 0 saturated heterocycles. The smallest absolute Gasteiger partial charge is 0.276 e. The Hall–Kier alpha value is -1.95. The summed E-state index contributed by atoms with van der Waals surface area (Å²) in [5.74, 6) is -0.272. The van der Waals surface area contributed by atoms with Crippen molar-refractivity contribution in [2.45, 2.75) is 20.3 Å². The number of aromatic nitrogens is 2. The van der Waals surface area contributed by atoms with Crippen LogP contribution in [0, 0.1) is 6.92 Å². The average molecular weight is 262 g/mol. The molecule has 18 heavy (non-hydrogen) atoms. The number of nitrogens with zero attached hydrogens (tertiary/aromatic N) is 2.